The lowest BCUT2D eigenvalue weighted by atomic mass is 9.88. The van der Waals surface area contributed by atoms with Crippen LogP contribution in [0.15, 0.2) is 102 Å². The Bertz CT molecular complexity index is 1230. The van der Waals surface area contributed by atoms with E-state index in [1.807, 2.05) is 36.4 Å². The van der Waals surface area contributed by atoms with Crippen LogP contribution in [0.1, 0.15) is 39.1 Å². The van der Waals surface area contributed by atoms with Crippen LogP contribution in [0.5, 0.6) is 0 Å². The number of carbonyl (C=O) groups is 2. The number of ether oxygens (including phenoxy) is 1. The van der Waals surface area contributed by atoms with Crippen molar-refractivity contribution in [3.8, 4) is 0 Å². The van der Waals surface area contributed by atoms with Gasteiger partial charge in [-0.3, -0.25) is 14.9 Å². The average Bonchev–Trinajstić information content (AvgIpc) is 2.84. The zero-order valence-corrected chi connectivity index (χ0v) is 17.1. The van der Waals surface area contributed by atoms with E-state index in [9.17, 15) is 19.7 Å². The summed E-state index contributed by atoms with van der Waals surface area (Å²) in [5, 5.41) is 10.9. The van der Waals surface area contributed by atoms with Crippen LogP contribution in [0.2, 0.25) is 0 Å². The van der Waals surface area contributed by atoms with Gasteiger partial charge in [0.15, 0.2) is 5.78 Å². The predicted molar refractivity (Wildman–Crippen MR) is 120 cm³/mol. The van der Waals surface area contributed by atoms with Crippen molar-refractivity contribution in [2.45, 2.75) is 12.8 Å². The molecule has 1 aliphatic carbocycles. The molecular weight excluding hydrogens is 406 g/mol. The first-order chi connectivity index (χ1) is 15.5. The van der Waals surface area contributed by atoms with Gasteiger partial charge in [0.2, 0.25) is 0 Å². The molecule has 0 bridgehead atoms. The van der Waals surface area contributed by atoms with Crippen LogP contribution in [-0.2, 0) is 4.74 Å². The van der Waals surface area contributed by atoms with E-state index in [1.54, 1.807) is 30.3 Å². The second-order valence-electron chi connectivity index (χ2n) is 7.27. The van der Waals surface area contributed by atoms with Crippen molar-refractivity contribution < 1.29 is 19.2 Å². The highest BCUT2D eigenvalue weighted by Crippen LogP contribution is 2.34. The number of non-ortho nitro benzene ring substituents is 1. The minimum absolute atomic E-state index is 0.110. The van der Waals surface area contributed by atoms with Crippen LogP contribution < -0.4 is 0 Å². The van der Waals surface area contributed by atoms with Crippen LogP contribution in [0.3, 0.4) is 0 Å². The molecular formula is C26H19NO5. The van der Waals surface area contributed by atoms with E-state index in [1.165, 1.54) is 24.3 Å². The van der Waals surface area contributed by atoms with Crippen LogP contribution >= 0.6 is 0 Å². The summed E-state index contributed by atoms with van der Waals surface area (Å²) in [7, 11) is 0. The maximum absolute atomic E-state index is 13.0. The first-order valence-electron chi connectivity index (χ1n) is 10.1. The van der Waals surface area contributed by atoms with Gasteiger partial charge in [-0.15, -0.1) is 0 Å². The van der Waals surface area contributed by atoms with Crippen molar-refractivity contribution in [1.29, 1.82) is 0 Å². The molecule has 0 heterocycles. The molecule has 1 aliphatic rings. The molecule has 0 aliphatic heterocycles. The quantitative estimate of drug-likeness (QED) is 0.217. The van der Waals surface area contributed by atoms with Gasteiger partial charge in [0, 0.05) is 28.8 Å². The van der Waals surface area contributed by atoms with E-state index in [4.69, 9.17) is 4.74 Å². The van der Waals surface area contributed by atoms with Gasteiger partial charge in [0.25, 0.3) is 5.69 Å². The summed E-state index contributed by atoms with van der Waals surface area (Å²) < 4.78 is 5.70. The highest BCUT2D eigenvalue weighted by Gasteiger charge is 2.23. The number of rotatable bonds is 6. The van der Waals surface area contributed by atoms with Crippen LogP contribution in [0.25, 0.3) is 5.57 Å². The fourth-order valence-corrected chi connectivity index (χ4v) is 3.55. The summed E-state index contributed by atoms with van der Waals surface area (Å²) in [5.41, 5.74) is 2.93. The summed E-state index contributed by atoms with van der Waals surface area (Å²) in [6.45, 7) is 0. The van der Waals surface area contributed by atoms with E-state index < -0.39 is 10.9 Å². The largest absolute Gasteiger partial charge is 0.423 e. The van der Waals surface area contributed by atoms with Crippen LogP contribution in [0, 0.1) is 10.1 Å². The summed E-state index contributed by atoms with van der Waals surface area (Å²) >= 11 is 0. The molecule has 4 rings (SSSR count). The molecule has 6 heteroatoms. The molecule has 32 heavy (non-hydrogen) atoms. The molecule has 3 aromatic carbocycles. The van der Waals surface area contributed by atoms with Crippen LogP contribution in [-0.4, -0.2) is 16.7 Å². The van der Waals surface area contributed by atoms with Crippen molar-refractivity contribution in [2.75, 3.05) is 0 Å². The summed E-state index contributed by atoms with van der Waals surface area (Å²) in [6, 6.07) is 23.7. The molecule has 0 amide bonds. The number of benzene rings is 3. The number of nitro groups is 1. The molecule has 0 saturated carbocycles. The third-order valence-corrected chi connectivity index (χ3v) is 5.21. The molecule has 0 saturated heterocycles. The topological polar surface area (TPSA) is 86.5 Å². The Balaban J connectivity index is 1.68. The number of nitrogens with zero attached hydrogens (tertiary/aromatic N) is 1. The summed E-state index contributed by atoms with van der Waals surface area (Å²) in [4.78, 5) is 36.1. The Morgan fingerprint density at radius 2 is 1.41 bits per heavy atom. The minimum atomic E-state index is -0.645. The molecule has 0 aromatic heterocycles. The first-order valence-corrected chi connectivity index (χ1v) is 10.1. The summed E-state index contributed by atoms with van der Waals surface area (Å²) in [5.74, 6) is -0.445. The smallest absolute Gasteiger partial charge is 0.343 e. The molecule has 0 radical (unpaired) electrons. The third kappa shape index (κ3) is 4.54. The Morgan fingerprint density at radius 1 is 0.781 bits per heavy atom. The second-order valence-corrected chi connectivity index (χ2v) is 7.27. The first kappa shape index (κ1) is 20.9. The lowest BCUT2D eigenvalue weighted by Gasteiger charge is -2.20. The van der Waals surface area contributed by atoms with Crippen molar-refractivity contribution in [2.24, 2.45) is 0 Å². The Labute approximate surface area is 184 Å². The van der Waals surface area contributed by atoms with Crippen molar-refractivity contribution >= 4 is 23.0 Å². The fraction of sp³-hybridized carbons (Fsp3) is 0.0769. The molecule has 0 unspecified atom stereocenters. The molecule has 0 spiro atoms. The molecule has 0 atom stereocenters. The molecule has 0 N–H and O–H groups in total. The van der Waals surface area contributed by atoms with Gasteiger partial charge in [-0.25, -0.2) is 4.79 Å². The highest BCUT2D eigenvalue weighted by molar-refractivity contribution is 6.09. The SMILES string of the molecule is O=C(OC1=C(c2ccccc2)CCC(C(=O)c2ccccc2)=C1)c1ccc([N+](=O)[O-])cc1. The van der Waals surface area contributed by atoms with Gasteiger partial charge >= 0.3 is 5.97 Å². The normalized spacial score (nSPS) is 13.3. The number of esters is 1. The second kappa shape index (κ2) is 9.22. The molecule has 0 fully saturated rings. The number of Topliss-reactive ketones (excluding diaryl/α,β-unsaturated/α-hetero) is 1. The number of nitro benzene ring substituents is 1. The van der Waals surface area contributed by atoms with Gasteiger partial charge < -0.3 is 4.74 Å². The summed E-state index contributed by atoms with van der Waals surface area (Å²) in [6.07, 6.45) is 2.69. The van der Waals surface area contributed by atoms with Gasteiger partial charge in [-0.2, -0.15) is 0 Å². The number of allylic oxidation sites excluding steroid dienone is 3. The van der Waals surface area contributed by atoms with E-state index in [0.717, 1.165) is 11.1 Å². The van der Waals surface area contributed by atoms with Gasteiger partial charge in [0.05, 0.1) is 10.5 Å². The van der Waals surface area contributed by atoms with Crippen molar-refractivity contribution in [3.05, 3.63) is 129 Å². The van der Waals surface area contributed by atoms with Gasteiger partial charge in [-0.05, 0) is 36.6 Å². The maximum atomic E-state index is 13.0. The highest BCUT2D eigenvalue weighted by atomic mass is 16.6. The predicted octanol–water partition coefficient (Wildman–Crippen LogP) is 5.77. The Kier molecular flexibility index (Phi) is 6.03. The Morgan fingerprint density at radius 3 is 2.03 bits per heavy atom. The average molecular weight is 425 g/mol. The molecule has 158 valence electrons. The van der Waals surface area contributed by atoms with E-state index in [0.29, 0.717) is 29.7 Å². The fourth-order valence-electron chi connectivity index (χ4n) is 3.55. The van der Waals surface area contributed by atoms with Gasteiger partial charge in [-0.1, -0.05) is 60.7 Å². The van der Waals surface area contributed by atoms with E-state index in [-0.39, 0.29) is 17.0 Å². The maximum Gasteiger partial charge on any atom is 0.343 e. The number of hydrogen-bond acceptors (Lipinski definition) is 5. The number of ketones is 1. The van der Waals surface area contributed by atoms with Crippen LogP contribution in [0.4, 0.5) is 5.69 Å². The van der Waals surface area contributed by atoms with Crippen molar-refractivity contribution in [1.82, 2.24) is 0 Å². The monoisotopic (exact) mass is 425 g/mol. The van der Waals surface area contributed by atoms with E-state index in [2.05, 4.69) is 0 Å². The lowest BCUT2D eigenvalue weighted by Crippen LogP contribution is -2.12. The van der Waals surface area contributed by atoms with E-state index >= 15 is 0 Å². The minimum Gasteiger partial charge on any atom is -0.423 e. The lowest BCUT2D eigenvalue weighted by molar-refractivity contribution is -0.384. The third-order valence-electron chi connectivity index (χ3n) is 5.21. The molecule has 6 nitrogen and oxygen atoms in total. The number of carbonyl (C=O) groups excluding carboxylic acids is 2. The zero-order chi connectivity index (χ0) is 22.5. The van der Waals surface area contributed by atoms with Gasteiger partial charge in [0.1, 0.15) is 5.76 Å². The van der Waals surface area contributed by atoms with Crippen molar-refractivity contribution in [3.63, 3.8) is 0 Å². The molecule has 3 aromatic rings. The zero-order valence-electron chi connectivity index (χ0n) is 17.1. The number of hydrogen-bond donors (Lipinski definition) is 0. The standard InChI is InChI=1S/C26H19NO5/c28-25(19-9-5-2-6-10-19)21-13-16-23(18-7-3-1-4-8-18)24(17-21)32-26(29)20-11-14-22(15-12-20)27(30)31/h1-12,14-15,17H,13,16H2. The Hall–Kier alpha value is -4.32.